The van der Waals surface area contributed by atoms with Gasteiger partial charge < -0.3 is 9.47 Å². The van der Waals surface area contributed by atoms with Crippen molar-refractivity contribution in [2.45, 2.75) is 51.0 Å². The Bertz CT molecular complexity index is 1110. The highest BCUT2D eigenvalue weighted by Crippen LogP contribution is 2.39. The number of sulfonamides is 1. The van der Waals surface area contributed by atoms with Crippen molar-refractivity contribution in [3.05, 3.63) is 40.7 Å². The molecule has 0 spiro atoms. The predicted octanol–water partition coefficient (Wildman–Crippen LogP) is 3.50. The number of rotatable bonds is 4. The molecule has 0 amide bonds. The Morgan fingerprint density at radius 3 is 2.50 bits per heavy atom. The number of halogens is 3. The molecular weight excluding hydrogens is 447 g/mol. The highest BCUT2D eigenvalue weighted by atomic mass is 32.2. The molecule has 2 aliphatic rings. The molecule has 0 aliphatic carbocycles. The van der Waals surface area contributed by atoms with E-state index in [4.69, 9.17) is 14.6 Å². The summed E-state index contributed by atoms with van der Waals surface area (Å²) in [5, 5.41) is 4.81. The summed E-state index contributed by atoms with van der Waals surface area (Å²) in [6.07, 6.45) is -1.53. The van der Waals surface area contributed by atoms with Crippen LogP contribution in [0.15, 0.2) is 18.2 Å². The highest BCUT2D eigenvalue weighted by molar-refractivity contribution is 7.88. The van der Waals surface area contributed by atoms with Crippen molar-refractivity contribution in [2.24, 2.45) is 0 Å². The second-order valence-corrected chi connectivity index (χ2v) is 10.3. The third-order valence-electron chi connectivity index (χ3n) is 6.16. The molecule has 0 bridgehead atoms. The van der Waals surface area contributed by atoms with Crippen LogP contribution >= 0.6 is 0 Å². The zero-order valence-corrected chi connectivity index (χ0v) is 19.0. The van der Waals surface area contributed by atoms with Crippen molar-refractivity contribution >= 4 is 10.0 Å². The monoisotopic (exact) mass is 473 g/mol. The molecule has 32 heavy (non-hydrogen) atoms. The van der Waals surface area contributed by atoms with Crippen LogP contribution in [-0.2, 0) is 34.0 Å². The molecule has 4 rings (SSSR count). The Balaban J connectivity index is 1.73. The molecule has 1 saturated heterocycles. The first-order valence-corrected chi connectivity index (χ1v) is 12.3. The molecule has 2 aromatic rings. The average Bonchev–Trinajstić information content (AvgIpc) is 3.10. The molecular formula is C21H26F3N3O4S. The maximum atomic E-state index is 13.3. The molecule has 0 N–H and O–H groups in total. The second-order valence-electron chi connectivity index (χ2n) is 8.37. The molecule has 1 fully saturated rings. The molecule has 1 atom stereocenters. The Morgan fingerprint density at radius 1 is 1.22 bits per heavy atom. The van der Waals surface area contributed by atoms with Crippen LogP contribution in [0, 0.1) is 0 Å². The minimum Gasteiger partial charge on any atom is -0.496 e. The third kappa shape index (κ3) is 4.38. The van der Waals surface area contributed by atoms with Crippen molar-refractivity contribution in [1.82, 2.24) is 14.1 Å². The standard InChI is InChI=1S/C21H26F3N3O4S/c1-13-10-18-16(12-31-13)20(14-6-8-26(9-7-14)32(3,28)29)25-27(18)15-4-5-17(21(22,23)24)19(11-15)30-2/h4-5,11,13-14H,6-10,12H2,1-3H3/t13-/m0/s1. The predicted molar refractivity (Wildman–Crippen MR) is 111 cm³/mol. The van der Waals surface area contributed by atoms with Gasteiger partial charge in [0.05, 0.1) is 48.7 Å². The number of benzene rings is 1. The van der Waals surface area contributed by atoms with Gasteiger partial charge in [-0.05, 0) is 31.9 Å². The number of alkyl halides is 3. The van der Waals surface area contributed by atoms with E-state index in [1.165, 1.54) is 29.8 Å². The number of hydrogen-bond acceptors (Lipinski definition) is 5. The molecule has 7 nitrogen and oxygen atoms in total. The Kier molecular flexibility index (Phi) is 6.01. The minimum absolute atomic E-state index is 0.0470. The van der Waals surface area contributed by atoms with Gasteiger partial charge in [-0.1, -0.05) is 0 Å². The van der Waals surface area contributed by atoms with Gasteiger partial charge in [0.1, 0.15) is 5.75 Å². The molecule has 0 unspecified atom stereocenters. The van der Waals surface area contributed by atoms with Gasteiger partial charge in [-0.3, -0.25) is 0 Å². The fourth-order valence-corrected chi connectivity index (χ4v) is 5.35. The van der Waals surface area contributed by atoms with Gasteiger partial charge >= 0.3 is 6.18 Å². The molecule has 176 valence electrons. The number of nitrogens with zero attached hydrogens (tertiary/aromatic N) is 3. The van der Waals surface area contributed by atoms with Crippen LogP contribution in [-0.4, -0.2) is 55.1 Å². The van der Waals surface area contributed by atoms with Gasteiger partial charge in [0.2, 0.25) is 10.0 Å². The van der Waals surface area contributed by atoms with Crippen molar-refractivity contribution in [2.75, 3.05) is 26.5 Å². The zero-order chi connectivity index (χ0) is 23.3. The van der Waals surface area contributed by atoms with E-state index in [0.717, 1.165) is 23.0 Å². The lowest BCUT2D eigenvalue weighted by Gasteiger charge is -2.30. The minimum atomic E-state index is -4.52. The first kappa shape index (κ1) is 23.1. The number of methoxy groups -OCH3 is 1. The summed E-state index contributed by atoms with van der Waals surface area (Å²) >= 11 is 0. The molecule has 11 heteroatoms. The quantitative estimate of drug-likeness (QED) is 0.680. The smallest absolute Gasteiger partial charge is 0.419 e. The van der Waals surface area contributed by atoms with Crippen molar-refractivity contribution < 1.29 is 31.1 Å². The van der Waals surface area contributed by atoms with Gasteiger partial charge in [-0.25, -0.2) is 17.4 Å². The van der Waals surface area contributed by atoms with Crippen molar-refractivity contribution in [1.29, 1.82) is 0 Å². The fourth-order valence-electron chi connectivity index (χ4n) is 4.48. The Morgan fingerprint density at radius 2 is 1.91 bits per heavy atom. The summed E-state index contributed by atoms with van der Waals surface area (Å²) in [6, 6.07) is 3.76. The highest BCUT2D eigenvalue weighted by Gasteiger charge is 2.36. The van der Waals surface area contributed by atoms with Crippen LogP contribution in [0.2, 0.25) is 0 Å². The van der Waals surface area contributed by atoms with Crippen molar-refractivity contribution in [3.8, 4) is 11.4 Å². The van der Waals surface area contributed by atoms with E-state index in [1.54, 1.807) is 4.68 Å². The third-order valence-corrected chi connectivity index (χ3v) is 7.46. The maximum Gasteiger partial charge on any atom is 0.419 e. The number of aromatic nitrogens is 2. The Hall–Kier alpha value is -2.11. The lowest BCUT2D eigenvalue weighted by atomic mass is 9.90. The van der Waals surface area contributed by atoms with Gasteiger partial charge in [0.25, 0.3) is 0 Å². The normalized spacial score (nSPS) is 20.9. The molecule has 0 saturated carbocycles. The van der Waals surface area contributed by atoms with Crippen LogP contribution < -0.4 is 4.74 Å². The van der Waals surface area contributed by atoms with Gasteiger partial charge in [0, 0.05) is 37.1 Å². The van der Waals surface area contributed by atoms with Crippen LogP contribution in [0.3, 0.4) is 0 Å². The maximum absolute atomic E-state index is 13.3. The largest absolute Gasteiger partial charge is 0.496 e. The first-order valence-electron chi connectivity index (χ1n) is 10.4. The summed E-state index contributed by atoms with van der Waals surface area (Å²) in [4.78, 5) is 0. The number of hydrogen-bond donors (Lipinski definition) is 0. The molecule has 1 aromatic heterocycles. The van der Waals surface area contributed by atoms with E-state index in [-0.39, 0.29) is 17.8 Å². The van der Waals surface area contributed by atoms with Crippen LogP contribution in [0.25, 0.3) is 5.69 Å². The number of ether oxygens (including phenoxy) is 2. The first-order chi connectivity index (χ1) is 15.0. The van der Waals surface area contributed by atoms with E-state index < -0.39 is 21.8 Å². The SMILES string of the molecule is COc1cc(-n2nc(C3CCN(S(C)(=O)=O)CC3)c3c2C[C@H](C)OC3)ccc1C(F)(F)F. The van der Waals surface area contributed by atoms with Crippen LogP contribution in [0.4, 0.5) is 13.2 Å². The fraction of sp³-hybridized carbons (Fsp3) is 0.571. The summed E-state index contributed by atoms with van der Waals surface area (Å²) in [7, 11) is -2.03. The summed E-state index contributed by atoms with van der Waals surface area (Å²) < 4.78 is 77.6. The number of fused-ring (bicyclic) bond motifs is 1. The molecule has 0 radical (unpaired) electrons. The van der Waals surface area contributed by atoms with E-state index in [9.17, 15) is 21.6 Å². The van der Waals surface area contributed by atoms with E-state index in [0.29, 0.717) is 44.6 Å². The lowest BCUT2D eigenvalue weighted by molar-refractivity contribution is -0.138. The second kappa shape index (κ2) is 8.35. The van der Waals surface area contributed by atoms with E-state index >= 15 is 0 Å². The number of piperidine rings is 1. The molecule has 1 aromatic carbocycles. The van der Waals surface area contributed by atoms with Crippen LogP contribution in [0.5, 0.6) is 5.75 Å². The van der Waals surface area contributed by atoms with Crippen molar-refractivity contribution in [3.63, 3.8) is 0 Å². The van der Waals surface area contributed by atoms with Gasteiger partial charge in [-0.2, -0.15) is 18.3 Å². The zero-order valence-electron chi connectivity index (χ0n) is 18.1. The Labute approximate surface area is 185 Å². The van der Waals surface area contributed by atoms with Gasteiger partial charge in [0.15, 0.2) is 0 Å². The lowest BCUT2D eigenvalue weighted by Crippen LogP contribution is -2.37. The summed E-state index contributed by atoms with van der Waals surface area (Å²) in [5.41, 5.74) is 2.33. The molecule has 2 aliphatic heterocycles. The summed E-state index contributed by atoms with van der Waals surface area (Å²) in [5.74, 6) is -0.210. The van der Waals surface area contributed by atoms with E-state index in [2.05, 4.69) is 0 Å². The van der Waals surface area contributed by atoms with Crippen LogP contribution in [0.1, 0.15) is 48.2 Å². The topological polar surface area (TPSA) is 73.7 Å². The average molecular weight is 474 g/mol. The summed E-state index contributed by atoms with van der Waals surface area (Å²) in [6.45, 7) is 3.14. The molecule has 3 heterocycles. The van der Waals surface area contributed by atoms with Gasteiger partial charge in [-0.15, -0.1) is 0 Å². The van der Waals surface area contributed by atoms with E-state index in [1.807, 2.05) is 6.92 Å².